The van der Waals surface area contributed by atoms with E-state index in [0.29, 0.717) is 38.9 Å². The zero-order chi connectivity index (χ0) is 20.3. The number of carbonyl (C=O) groups is 2. The Hall–Kier alpha value is -0.820. The number of Topliss-reactive ketones (excluding diaryl/α,β-unsaturated/α-hetero) is 2. The second-order valence-electron chi connectivity index (χ2n) is 7.97. The Balaban J connectivity index is 2.11. The summed E-state index contributed by atoms with van der Waals surface area (Å²) in [7, 11) is 3.27. The van der Waals surface area contributed by atoms with Crippen LogP contribution in [0.4, 0.5) is 0 Å². The summed E-state index contributed by atoms with van der Waals surface area (Å²) >= 11 is 0. The van der Waals surface area contributed by atoms with Gasteiger partial charge in [0.25, 0.3) is 0 Å². The van der Waals surface area contributed by atoms with Crippen molar-refractivity contribution >= 4 is 11.6 Å². The Morgan fingerprint density at radius 2 is 1.93 bits per heavy atom. The van der Waals surface area contributed by atoms with Gasteiger partial charge < -0.3 is 18.9 Å². The fourth-order valence-corrected chi connectivity index (χ4v) is 3.35. The fourth-order valence-electron chi connectivity index (χ4n) is 3.35. The average Bonchev–Trinajstić information content (AvgIpc) is 2.95. The van der Waals surface area contributed by atoms with Gasteiger partial charge in [-0.25, -0.2) is 0 Å². The van der Waals surface area contributed by atoms with Crippen molar-refractivity contribution in [2.24, 2.45) is 5.92 Å². The number of ketones is 2. The molecule has 3 atom stereocenters. The van der Waals surface area contributed by atoms with Gasteiger partial charge in [-0.3, -0.25) is 9.59 Å². The van der Waals surface area contributed by atoms with Crippen LogP contribution in [-0.4, -0.2) is 57.0 Å². The summed E-state index contributed by atoms with van der Waals surface area (Å²) in [4.78, 5) is 24.2. The molecule has 0 aromatic carbocycles. The van der Waals surface area contributed by atoms with Gasteiger partial charge in [-0.15, -0.1) is 0 Å². The number of hydrogen-bond acceptors (Lipinski definition) is 6. The lowest BCUT2D eigenvalue weighted by Gasteiger charge is -2.23. The summed E-state index contributed by atoms with van der Waals surface area (Å²) < 4.78 is 21.7. The third-order valence-corrected chi connectivity index (χ3v) is 5.07. The molecule has 1 aliphatic carbocycles. The minimum atomic E-state index is -0.549. The highest BCUT2D eigenvalue weighted by molar-refractivity contribution is 5.85. The molecule has 0 aliphatic heterocycles. The average molecular weight is 387 g/mol. The highest BCUT2D eigenvalue weighted by Crippen LogP contribution is 2.29. The molecule has 0 spiro atoms. The van der Waals surface area contributed by atoms with Gasteiger partial charge in [0.15, 0.2) is 5.79 Å². The standard InChI is InChI=1S/C21H38O6/c1-16(15-24-4)27-19-13-17(20(23)14-19)10-11-18(22)9-7-6-8-12-26-21(2,3)25-5/h16-17,19H,6-15H2,1-5H3. The molecule has 27 heavy (non-hydrogen) atoms. The molecule has 0 saturated heterocycles. The highest BCUT2D eigenvalue weighted by atomic mass is 16.7. The van der Waals surface area contributed by atoms with Crippen LogP contribution < -0.4 is 0 Å². The summed E-state index contributed by atoms with van der Waals surface area (Å²) in [5.41, 5.74) is 0. The first-order chi connectivity index (χ1) is 12.8. The molecule has 158 valence electrons. The number of carbonyl (C=O) groups excluding carboxylic acids is 2. The summed E-state index contributed by atoms with van der Waals surface area (Å²) in [5, 5.41) is 0. The van der Waals surface area contributed by atoms with Crippen molar-refractivity contribution in [3.8, 4) is 0 Å². The van der Waals surface area contributed by atoms with Gasteiger partial charge in [0.2, 0.25) is 0 Å². The molecule has 0 aromatic heterocycles. The Labute approximate surface area is 164 Å². The van der Waals surface area contributed by atoms with Crippen molar-refractivity contribution in [2.45, 2.75) is 90.1 Å². The van der Waals surface area contributed by atoms with Crippen molar-refractivity contribution in [2.75, 3.05) is 27.4 Å². The van der Waals surface area contributed by atoms with E-state index in [4.69, 9.17) is 18.9 Å². The lowest BCUT2D eigenvalue weighted by molar-refractivity contribution is -0.197. The number of ether oxygens (including phenoxy) is 4. The van der Waals surface area contributed by atoms with E-state index in [1.54, 1.807) is 14.2 Å². The molecular weight excluding hydrogens is 348 g/mol. The number of methoxy groups -OCH3 is 2. The Kier molecular flexibility index (Phi) is 11.3. The smallest absolute Gasteiger partial charge is 0.162 e. The van der Waals surface area contributed by atoms with Crippen LogP contribution in [0.1, 0.15) is 72.1 Å². The maximum Gasteiger partial charge on any atom is 0.162 e. The van der Waals surface area contributed by atoms with Gasteiger partial charge in [0, 0.05) is 46.0 Å². The number of unbranched alkanes of at least 4 members (excludes halogenated alkanes) is 2. The highest BCUT2D eigenvalue weighted by Gasteiger charge is 2.33. The van der Waals surface area contributed by atoms with E-state index in [9.17, 15) is 9.59 Å². The molecule has 0 aromatic rings. The van der Waals surface area contributed by atoms with E-state index in [1.165, 1.54) is 0 Å². The summed E-state index contributed by atoms with van der Waals surface area (Å²) in [6.07, 6.45) is 5.63. The quantitative estimate of drug-likeness (QED) is 0.316. The topological polar surface area (TPSA) is 71.1 Å². The largest absolute Gasteiger partial charge is 0.382 e. The van der Waals surface area contributed by atoms with Crippen LogP contribution in [0.2, 0.25) is 0 Å². The van der Waals surface area contributed by atoms with Crippen LogP contribution in [0.3, 0.4) is 0 Å². The number of rotatable bonds is 15. The number of hydrogen-bond donors (Lipinski definition) is 0. The monoisotopic (exact) mass is 386 g/mol. The molecular formula is C21H38O6. The van der Waals surface area contributed by atoms with Crippen LogP contribution in [-0.2, 0) is 28.5 Å². The first-order valence-electron chi connectivity index (χ1n) is 10.1. The molecule has 1 rings (SSSR count). The first-order valence-corrected chi connectivity index (χ1v) is 10.1. The van der Waals surface area contributed by atoms with Crippen LogP contribution in [0.5, 0.6) is 0 Å². The van der Waals surface area contributed by atoms with Crippen LogP contribution in [0, 0.1) is 5.92 Å². The van der Waals surface area contributed by atoms with Gasteiger partial charge in [-0.05, 0) is 46.5 Å². The van der Waals surface area contributed by atoms with E-state index < -0.39 is 5.79 Å². The van der Waals surface area contributed by atoms with Crippen LogP contribution >= 0.6 is 0 Å². The van der Waals surface area contributed by atoms with Crippen molar-refractivity contribution in [3.63, 3.8) is 0 Å². The minimum absolute atomic E-state index is 0.00775. The molecule has 6 nitrogen and oxygen atoms in total. The van der Waals surface area contributed by atoms with Gasteiger partial charge in [-0.2, -0.15) is 0 Å². The van der Waals surface area contributed by atoms with E-state index in [-0.39, 0.29) is 29.7 Å². The molecule has 3 unspecified atom stereocenters. The summed E-state index contributed by atoms with van der Waals surface area (Å²) in [6.45, 7) is 6.88. The second-order valence-corrected chi connectivity index (χ2v) is 7.97. The van der Waals surface area contributed by atoms with E-state index in [0.717, 1.165) is 25.7 Å². The zero-order valence-electron chi connectivity index (χ0n) is 17.8. The zero-order valence-corrected chi connectivity index (χ0v) is 17.8. The molecule has 1 fully saturated rings. The molecule has 0 amide bonds. The van der Waals surface area contributed by atoms with Crippen molar-refractivity contribution < 1.29 is 28.5 Å². The normalized spacial score (nSPS) is 21.6. The van der Waals surface area contributed by atoms with Crippen molar-refractivity contribution in [1.29, 1.82) is 0 Å². The van der Waals surface area contributed by atoms with Gasteiger partial charge >= 0.3 is 0 Å². The predicted octanol–water partition coefficient (Wildman–Crippen LogP) is 3.69. The summed E-state index contributed by atoms with van der Waals surface area (Å²) in [6, 6.07) is 0. The molecule has 0 bridgehead atoms. The molecule has 0 radical (unpaired) electrons. The van der Waals surface area contributed by atoms with E-state index >= 15 is 0 Å². The first kappa shape index (κ1) is 24.2. The lowest BCUT2D eigenvalue weighted by Crippen LogP contribution is -2.27. The van der Waals surface area contributed by atoms with Crippen molar-refractivity contribution in [3.05, 3.63) is 0 Å². The third-order valence-electron chi connectivity index (χ3n) is 5.07. The Bertz CT molecular complexity index is 448. The second kappa shape index (κ2) is 12.6. The van der Waals surface area contributed by atoms with Gasteiger partial charge in [-0.1, -0.05) is 6.42 Å². The van der Waals surface area contributed by atoms with Gasteiger partial charge in [0.1, 0.15) is 11.6 Å². The lowest BCUT2D eigenvalue weighted by atomic mass is 9.97. The fraction of sp³-hybridized carbons (Fsp3) is 0.905. The predicted molar refractivity (Wildman–Crippen MR) is 104 cm³/mol. The SMILES string of the molecule is COCC(C)OC1CC(=O)C(CCC(=O)CCCCCOC(C)(C)OC)C1. The maximum atomic E-state index is 12.1. The van der Waals surface area contributed by atoms with Crippen molar-refractivity contribution in [1.82, 2.24) is 0 Å². The Morgan fingerprint density at radius 3 is 2.59 bits per heavy atom. The molecule has 6 heteroatoms. The van der Waals surface area contributed by atoms with E-state index in [1.807, 2.05) is 20.8 Å². The van der Waals surface area contributed by atoms with Crippen LogP contribution in [0.25, 0.3) is 0 Å². The summed E-state index contributed by atoms with van der Waals surface area (Å²) in [5.74, 6) is -0.0983. The third kappa shape index (κ3) is 10.3. The molecule has 1 saturated carbocycles. The van der Waals surface area contributed by atoms with Gasteiger partial charge in [0.05, 0.1) is 18.8 Å². The van der Waals surface area contributed by atoms with E-state index in [2.05, 4.69) is 0 Å². The molecule has 0 N–H and O–H groups in total. The minimum Gasteiger partial charge on any atom is -0.382 e. The maximum absolute atomic E-state index is 12.1. The van der Waals surface area contributed by atoms with Crippen LogP contribution in [0.15, 0.2) is 0 Å². The molecule has 1 aliphatic rings. The molecule has 0 heterocycles. The Morgan fingerprint density at radius 1 is 1.19 bits per heavy atom.